The SMILES string of the molecule is C/C=C\C1=C(N=N)CCCC1.CC.CCC. The van der Waals surface area contributed by atoms with Crippen LogP contribution in [0.15, 0.2) is 28.5 Å². The van der Waals surface area contributed by atoms with Gasteiger partial charge in [-0.1, -0.05) is 46.3 Å². The molecule has 16 heavy (non-hydrogen) atoms. The summed E-state index contributed by atoms with van der Waals surface area (Å²) in [5.74, 6) is 0. The number of rotatable bonds is 2. The fourth-order valence-corrected chi connectivity index (χ4v) is 1.42. The summed E-state index contributed by atoms with van der Waals surface area (Å²) in [4.78, 5) is 0. The highest BCUT2D eigenvalue weighted by Crippen LogP contribution is 2.25. The molecule has 0 aliphatic heterocycles. The second-order valence-electron chi connectivity index (χ2n) is 3.50. The molecule has 0 amide bonds. The van der Waals surface area contributed by atoms with Crippen LogP contribution in [-0.4, -0.2) is 0 Å². The fraction of sp³-hybridized carbons (Fsp3) is 0.714. The van der Waals surface area contributed by atoms with Crippen molar-refractivity contribution in [2.75, 3.05) is 0 Å². The third-order valence-electron chi connectivity index (χ3n) is 1.98. The summed E-state index contributed by atoms with van der Waals surface area (Å²) in [6.45, 7) is 10.3. The van der Waals surface area contributed by atoms with E-state index < -0.39 is 0 Å². The minimum Gasteiger partial charge on any atom is -0.205 e. The van der Waals surface area contributed by atoms with Crippen LogP contribution in [0.5, 0.6) is 0 Å². The molecule has 0 fully saturated rings. The van der Waals surface area contributed by atoms with Crippen molar-refractivity contribution in [2.45, 2.75) is 66.7 Å². The molecule has 2 heteroatoms. The van der Waals surface area contributed by atoms with Gasteiger partial charge in [-0.3, -0.25) is 0 Å². The summed E-state index contributed by atoms with van der Waals surface area (Å²) < 4.78 is 0. The van der Waals surface area contributed by atoms with Gasteiger partial charge in [-0.05, 0) is 38.2 Å². The monoisotopic (exact) mass is 224 g/mol. The Morgan fingerprint density at radius 1 is 1.19 bits per heavy atom. The molecular weight excluding hydrogens is 196 g/mol. The van der Waals surface area contributed by atoms with Gasteiger partial charge < -0.3 is 0 Å². The molecule has 1 aliphatic carbocycles. The summed E-state index contributed by atoms with van der Waals surface area (Å²) >= 11 is 0. The zero-order chi connectivity index (χ0) is 12.8. The van der Waals surface area contributed by atoms with Gasteiger partial charge in [-0.15, -0.1) is 0 Å². The van der Waals surface area contributed by atoms with Crippen LogP contribution >= 0.6 is 0 Å². The van der Waals surface area contributed by atoms with Crippen LogP contribution in [0, 0.1) is 5.53 Å². The zero-order valence-corrected chi connectivity index (χ0v) is 11.6. The Morgan fingerprint density at radius 3 is 2.12 bits per heavy atom. The maximum absolute atomic E-state index is 6.94. The van der Waals surface area contributed by atoms with Crippen LogP contribution < -0.4 is 0 Å². The Balaban J connectivity index is 0. The summed E-state index contributed by atoms with van der Waals surface area (Å²) in [7, 11) is 0. The molecule has 0 heterocycles. The molecule has 0 saturated heterocycles. The van der Waals surface area contributed by atoms with Crippen LogP contribution in [0.25, 0.3) is 0 Å². The smallest absolute Gasteiger partial charge is 0.0655 e. The lowest BCUT2D eigenvalue weighted by Gasteiger charge is -2.12. The average molecular weight is 224 g/mol. The lowest BCUT2D eigenvalue weighted by Crippen LogP contribution is -1.95. The van der Waals surface area contributed by atoms with Crippen LogP contribution in [0.4, 0.5) is 0 Å². The molecule has 2 nitrogen and oxygen atoms in total. The summed E-state index contributed by atoms with van der Waals surface area (Å²) in [6.07, 6.45) is 9.88. The van der Waals surface area contributed by atoms with E-state index in [1.165, 1.54) is 24.8 Å². The van der Waals surface area contributed by atoms with Crippen molar-refractivity contribution in [3.63, 3.8) is 0 Å². The van der Waals surface area contributed by atoms with Crippen molar-refractivity contribution in [1.82, 2.24) is 0 Å². The fourth-order valence-electron chi connectivity index (χ4n) is 1.42. The Kier molecular flexibility index (Phi) is 15.4. The molecule has 94 valence electrons. The summed E-state index contributed by atoms with van der Waals surface area (Å²) in [5, 5.41) is 3.53. The zero-order valence-electron chi connectivity index (χ0n) is 11.6. The van der Waals surface area contributed by atoms with Gasteiger partial charge in [0, 0.05) is 0 Å². The second kappa shape index (κ2) is 14.1. The molecule has 1 aliphatic rings. The maximum Gasteiger partial charge on any atom is 0.0655 e. The van der Waals surface area contributed by atoms with Crippen LogP contribution in [-0.2, 0) is 0 Å². The molecule has 0 atom stereocenters. The van der Waals surface area contributed by atoms with Gasteiger partial charge in [-0.2, -0.15) is 5.11 Å². The molecule has 0 spiro atoms. The van der Waals surface area contributed by atoms with Crippen LogP contribution in [0.1, 0.15) is 66.7 Å². The lowest BCUT2D eigenvalue weighted by atomic mass is 9.96. The van der Waals surface area contributed by atoms with E-state index in [1.54, 1.807) is 0 Å². The van der Waals surface area contributed by atoms with E-state index in [0.29, 0.717) is 0 Å². The van der Waals surface area contributed by atoms with Gasteiger partial charge in [0.2, 0.25) is 0 Å². The number of nitrogens with one attached hydrogen (secondary N) is 1. The van der Waals surface area contributed by atoms with E-state index >= 15 is 0 Å². The van der Waals surface area contributed by atoms with Crippen molar-refractivity contribution < 1.29 is 0 Å². The minimum absolute atomic E-state index is 0.981. The molecule has 1 rings (SSSR count). The highest BCUT2D eigenvalue weighted by molar-refractivity contribution is 5.26. The van der Waals surface area contributed by atoms with Crippen LogP contribution in [0.2, 0.25) is 0 Å². The van der Waals surface area contributed by atoms with Crippen molar-refractivity contribution >= 4 is 0 Å². The van der Waals surface area contributed by atoms with E-state index in [2.05, 4.69) is 25.0 Å². The molecule has 0 radical (unpaired) electrons. The Morgan fingerprint density at radius 2 is 1.69 bits per heavy atom. The lowest BCUT2D eigenvalue weighted by molar-refractivity contribution is 0.666. The van der Waals surface area contributed by atoms with Crippen LogP contribution in [0.3, 0.4) is 0 Å². The first-order valence-corrected chi connectivity index (χ1v) is 6.52. The first-order valence-electron chi connectivity index (χ1n) is 6.52. The topological polar surface area (TPSA) is 36.2 Å². The molecule has 0 aromatic rings. The molecular formula is C14H28N2. The molecule has 1 N–H and O–H groups in total. The van der Waals surface area contributed by atoms with Crippen molar-refractivity contribution in [2.24, 2.45) is 5.11 Å². The highest BCUT2D eigenvalue weighted by atomic mass is 15.0. The summed E-state index contributed by atoms with van der Waals surface area (Å²) in [6, 6.07) is 0. The quantitative estimate of drug-likeness (QED) is 0.570. The third kappa shape index (κ3) is 8.39. The standard InChI is InChI=1S/C9H14N2.C3H8.C2H6/c1-2-5-8-6-3-4-7-9(8)11-10;1-3-2;1-2/h2,5,10H,3-4,6-7H2,1H3;3H2,1-2H3;1-2H3/b5-2-,11-10?;;. The molecule has 0 saturated carbocycles. The summed E-state index contributed by atoms with van der Waals surface area (Å²) in [5.41, 5.74) is 9.18. The number of hydrogen-bond donors (Lipinski definition) is 1. The number of nitrogens with zero attached hydrogens (tertiary/aromatic N) is 1. The molecule has 0 bridgehead atoms. The predicted molar refractivity (Wildman–Crippen MR) is 72.8 cm³/mol. The van der Waals surface area contributed by atoms with E-state index in [1.807, 2.05) is 26.8 Å². The van der Waals surface area contributed by atoms with Gasteiger partial charge in [0.1, 0.15) is 0 Å². The van der Waals surface area contributed by atoms with Crippen molar-refractivity contribution in [3.8, 4) is 0 Å². The van der Waals surface area contributed by atoms with E-state index in [9.17, 15) is 0 Å². The molecule has 0 aromatic heterocycles. The van der Waals surface area contributed by atoms with E-state index in [-0.39, 0.29) is 0 Å². The third-order valence-corrected chi connectivity index (χ3v) is 1.98. The van der Waals surface area contributed by atoms with Gasteiger partial charge in [-0.25, -0.2) is 5.53 Å². The van der Waals surface area contributed by atoms with E-state index in [4.69, 9.17) is 5.53 Å². The number of hydrogen-bond acceptors (Lipinski definition) is 2. The minimum atomic E-state index is 0.981. The Bertz CT molecular complexity index is 215. The highest BCUT2D eigenvalue weighted by Gasteiger charge is 2.08. The van der Waals surface area contributed by atoms with Gasteiger partial charge in [0.25, 0.3) is 0 Å². The second-order valence-corrected chi connectivity index (χ2v) is 3.50. The Labute approximate surface area is 101 Å². The van der Waals surface area contributed by atoms with Crippen molar-refractivity contribution in [1.29, 1.82) is 5.53 Å². The van der Waals surface area contributed by atoms with Gasteiger partial charge in [0.05, 0.1) is 5.70 Å². The first kappa shape index (κ1) is 17.5. The maximum atomic E-state index is 6.94. The average Bonchev–Trinajstić information content (AvgIpc) is 2.34. The predicted octanol–water partition coefficient (Wildman–Crippen LogP) is 5.86. The molecule has 0 aromatic carbocycles. The molecule has 0 unspecified atom stereocenters. The van der Waals surface area contributed by atoms with Gasteiger partial charge in [0.15, 0.2) is 0 Å². The van der Waals surface area contributed by atoms with Crippen molar-refractivity contribution in [3.05, 3.63) is 23.4 Å². The van der Waals surface area contributed by atoms with Gasteiger partial charge >= 0.3 is 0 Å². The largest absolute Gasteiger partial charge is 0.205 e. The van der Waals surface area contributed by atoms with E-state index in [0.717, 1.165) is 18.5 Å². The first-order chi connectivity index (χ1) is 7.79. The Hall–Kier alpha value is -0.920. The normalized spacial score (nSPS) is 14.8. The number of allylic oxidation sites excluding steroid dienone is 4.